The molecule has 0 amide bonds. The molecule has 0 radical (unpaired) electrons. The Morgan fingerprint density at radius 1 is 0.806 bits per heavy atom. The first-order valence-electron chi connectivity index (χ1n) is 10.5. The number of fused-ring (bicyclic) bond motifs is 1. The minimum absolute atomic E-state index is 0.578. The fraction of sp³-hybridized carbons (Fsp3) is 0.320. The maximum Gasteiger partial charge on any atom is 0.203 e. The maximum absolute atomic E-state index is 5.55. The van der Waals surface area contributed by atoms with Gasteiger partial charge in [0.1, 0.15) is 0 Å². The Hall–Kier alpha value is -3.25. The van der Waals surface area contributed by atoms with Crippen molar-refractivity contribution in [2.24, 2.45) is 5.10 Å². The number of hydrogen-bond donors (Lipinski definition) is 0. The van der Waals surface area contributed by atoms with Crippen molar-refractivity contribution in [3.63, 3.8) is 0 Å². The molecule has 1 saturated heterocycles. The highest BCUT2D eigenvalue weighted by molar-refractivity contribution is 5.86. The second kappa shape index (κ2) is 9.71. The van der Waals surface area contributed by atoms with Gasteiger partial charge in [-0.05, 0) is 28.5 Å². The molecule has 1 aliphatic heterocycles. The van der Waals surface area contributed by atoms with Crippen molar-refractivity contribution in [2.75, 3.05) is 47.5 Å². The second-order valence-electron chi connectivity index (χ2n) is 7.54. The average Bonchev–Trinajstić information content (AvgIpc) is 2.83. The van der Waals surface area contributed by atoms with Crippen LogP contribution < -0.4 is 14.2 Å². The topological polar surface area (TPSA) is 46.5 Å². The molecule has 1 fully saturated rings. The van der Waals surface area contributed by atoms with Gasteiger partial charge in [-0.3, -0.25) is 9.91 Å². The van der Waals surface area contributed by atoms with E-state index in [1.807, 2.05) is 18.3 Å². The van der Waals surface area contributed by atoms with Gasteiger partial charge in [0.25, 0.3) is 0 Å². The standard InChI is InChI=1S/C25H29N3O3/c1-29-23-12-11-20(24(30-2)25(23)31-3)17-26-28-15-13-27(14-16-28)18-21-9-6-8-19-7-4-5-10-22(19)21/h4-12,17H,13-16,18H2,1-3H3/b26-17+. The fourth-order valence-corrected chi connectivity index (χ4v) is 4.05. The van der Waals surface area contributed by atoms with E-state index in [1.54, 1.807) is 21.3 Å². The molecular formula is C25H29N3O3. The number of benzene rings is 3. The van der Waals surface area contributed by atoms with E-state index in [0.717, 1.165) is 38.3 Å². The normalized spacial score (nSPS) is 14.9. The van der Waals surface area contributed by atoms with Crippen molar-refractivity contribution >= 4 is 17.0 Å². The van der Waals surface area contributed by atoms with Crippen LogP contribution in [0.4, 0.5) is 0 Å². The summed E-state index contributed by atoms with van der Waals surface area (Å²) >= 11 is 0. The molecule has 0 atom stereocenters. The zero-order valence-electron chi connectivity index (χ0n) is 18.4. The third-order valence-electron chi connectivity index (χ3n) is 5.72. The maximum atomic E-state index is 5.55. The third-order valence-corrected chi connectivity index (χ3v) is 5.72. The molecule has 162 valence electrons. The Labute approximate surface area is 183 Å². The van der Waals surface area contributed by atoms with E-state index in [1.165, 1.54) is 16.3 Å². The number of piperazine rings is 1. The molecule has 0 aliphatic carbocycles. The Morgan fingerprint density at radius 2 is 1.55 bits per heavy atom. The van der Waals surface area contributed by atoms with Gasteiger partial charge in [-0.1, -0.05) is 42.5 Å². The molecule has 0 aromatic heterocycles. The summed E-state index contributed by atoms with van der Waals surface area (Å²) in [7, 11) is 4.85. The van der Waals surface area contributed by atoms with Gasteiger partial charge in [-0.25, -0.2) is 0 Å². The Morgan fingerprint density at radius 3 is 2.29 bits per heavy atom. The van der Waals surface area contributed by atoms with E-state index in [4.69, 9.17) is 14.2 Å². The zero-order chi connectivity index (χ0) is 21.6. The van der Waals surface area contributed by atoms with Crippen molar-refractivity contribution in [1.29, 1.82) is 0 Å². The van der Waals surface area contributed by atoms with Crippen molar-refractivity contribution in [2.45, 2.75) is 6.54 Å². The Kier molecular flexibility index (Phi) is 6.57. The lowest BCUT2D eigenvalue weighted by molar-refractivity contribution is 0.131. The third kappa shape index (κ3) is 4.59. The molecule has 0 unspecified atom stereocenters. The Balaban J connectivity index is 1.40. The molecule has 3 aromatic carbocycles. The molecule has 0 spiro atoms. The highest BCUT2D eigenvalue weighted by atomic mass is 16.5. The minimum atomic E-state index is 0.578. The highest BCUT2D eigenvalue weighted by Crippen LogP contribution is 2.39. The van der Waals surface area contributed by atoms with Crippen LogP contribution in [0.2, 0.25) is 0 Å². The number of ether oxygens (including phenoxy) is 3. The van der Waals surface area contributed by atoms with Crippen LogP contribution in [-0.4, -0.2) is 63.6 Å². The molecular weight excluding hydrogens is 390 g/mol. The number of hydrogen-bond acceptors (Lipinski definition) is 6. The molecule has 0 N–H and O–H groups in total. The van der Waals surface area contributed by atoms with Gasteiger partial charge in [0, 0.05) is 38.3 Å². The van der Waals surface area contributed by atoms with E-state index < -0.39 is 0 Å². The van der Waals surface area contributed by atoms with Crippen molar-refractivity contribution in [1.82, 2.24) is 9.91 Å². The van der Waals surface area contributed by atoms with Gasteiger partial charge in [0.15, 0.2) is 11.5 Å². The quantitative estimate of drug-likeness (QED) is 0.542. The van der Waals surface area contributed by atoms with Crippen molar-refractivity contribution < 1.29 is 14.2 Å². The number of hydrazone groups is 1. The molecule has 6 nitrogen and oxygen atoms in total. The van der Waals surface area contributed by atoms with E-state index in [0.29, 0.717) is 17.2 Å². The molecule has 6 heteroatoms. The van der Waals surface area contributed by atoms with E-state index in [9.17, 15) is 0 Å². The van der Waals surface area contributed by atoms with E-state index in [2.05, 4.69) is 57.5 Å². The lowest BCUT2D eigenvalue weighted by atomic mass is 10.0. The van der Waals surface area contributed by atoms with Crippen LogP contribution in [-0.2, 0) is 6.54 Å². The fourth-order valence-electron chi connectivity index (χ4n) is 4.05. The van der Waals surface area contributed by atoms with Crippen LogP contribution in [0.1, 0.15) is 11.1 Å². The van der Waals surface area contributed by atoms with Gasteiger partial charge in [0.2, 0.25) is 5.75 Å². The summed E-state index contributed by atoms with van der Waals surface area (Å²) in [5.41, 5.74) is 2.24. The number of methoxy groups -OCH3 is 3. The van der Waals surface area contributed by atoms with Crippen molar-refractivity contribution in [3.05, 3.63) is 65.7 Å². The summed E-state index contributed by atoms with van der Waals surface area (Å²) in [6, 6.07) is 18.9. The number of nitrogens with zero attached hydrogens (tertiary/aromatic N) is 3. The molecule has 1 heterocycles. The predicted molar refractivity (Wildman–Crippen MR) is 124 cm³/mol. The van der Waals surface area contributed by atoms with Crippen LogP contribution >= 0.6 is 0 Å². The van der Waals surface area contributed by atoms with Crippen LogP contribution in [0.3, 0.4) is 0 Å². The lowest BCUT2D eigenvalue weighted by Gasteiger charge is -2.33. The summed E-state index contributed by atoms with van der Waals surface area (Å²) in [5.74, 6) is 1.84. The van der Waals surface area contributed by atoms with Crippen molar-refractivity contribution in [3.8, 4) is 17.2 Å². The first kappa shape index (κ1) is 21.0. The largest absolute Gasteiger partial charge is 0.493 e. The van der Waals surface area contributed by atoms with Gasteiger partial charge in [-0.15, -0.1) is 0 Å². The molecule has 4 rings (SSSR count). The average molecular weight is 420 g/mol. The lowest BCUT2D eigenvalue weighted by Crippen LogP contribution is -2.43. The SMILES string of the molecule is COc1ccc(/C=N/N2CCN(Cc3cccc4ccccc34)CC2)c(OC)c1OC. The summed E-state index contributed by atoms with van der Waals surface area (Å²) in [5, 5.41) is 9.43. The summed E-state index contributed by atoms with van der Waals surface area (Å²) < 4.78 is 16.4. The molecule has 0 saturated carbocycles. The minimum Gasteiger partial charge on any atom is -0.493 e. The second-order valence-corrected chi connectivity index (χ2v) is 7.54. The van der Waals surface area contributed by atoms with Crippen LogP contribution in [0, 0.1) is 0 Å². The summed E-state index contributed by atoms with van der Waals surface area (Å²) in [6.07, 6.45) is 1.83. The Bertz CT molecular complexity index is 1050. The van der Waals surface area contributed by atoms with E-state index >= 15 is 0 Å². The van der Waals surface area contributed by atoms with Gasteiger partial charge in [0.05, 0.1) is 27.5 Å². The molecule has 1 aliphatic rings. The summed E-state index contributed by atoms with van der Waals surface area (Å²) in [6.45, 7) is 4.68. The number of rotatable bonds is 7. The van der Waals surface area contributed by atoms with Gasteiger partial charge >= 0.3 is 0 Å². The van der Waals surface area contributed by atoms with E-state index in [-0.39, 0.29) is 0 Å². The first-order chi connectivity index (χ1) is 15.2. The van der Waals surface area contributed by atoms with Gasteiger partial charge < -0.3 is 14.2 Å². The van der Waals surface area contributed by atoms with Crippen LogP contribution in [0.15, 0.2) is 59.7 Å². The monoisotopic (exact) mass is 419 g/mol. The smallest absolute Gasteiger partial charge is 0.203 e. The highest BCUT2D eigenvalue weighted by Gasteiger charge is 2.18. The molecule has 31 heavy (non-hydrogen) atoms. The van der Waals surface area contributed by atoms with Crippen LogP contribution in [0.5, 0.6) is 17.2 Å². The molecule has 0 bridgehead atoms. The van der Waals surface area contributed by atoms with Gasteiger partial charge in [-0.2, -0.15) is 5.10 Å². The summed E-state index contributed by atoms with van der Waals surface area (Å²) in [4.78, 5) is 2.49. The molecule has 3 aromatic rings. The predicted octanol–water partition coefficient (Wildman–Crippen LogP) is 4.02. The van der Waals surface area contributed by atoms with Crippen LogP contribution in [0.25, 0.3) is 10.8 Å². The first-order valence-corrected chi connectivity index (χ1v) is 10.5. The zero-order valence-corrected chi connectivity index (χ0v) is 18.4.